The van der Waals surface area contributed by atoms with Crippen LogP contribution in [0, 0.1) is 5.92 Å². The minimum Gasteiger partial charge on any atom is -0.444 e. The lowest BCUT2D eigenvalue weighted by Crippen LogP contribution is -2.42. The molecular formula is C19H29N3O4. The van der Waals surface area contributed by atoms with E-state index in [0.717, 1.165) is 37.9 Å². The van der Waals surface area contributed by atoms with Gasteiger partial charge in [-0.15, -0.1) is 0 Å². The van der Waals surface area contributed by atoms with E-state index in [1.807, 2.05) is 20.8 Å². The molecule has 1 aliphatic heterocycles. The number of hydrogen-bond acceptors (Lipinski definition) is 5. The number of carbonyl (C=O) groups is 2. The highest BCUT2D eigenvalue weighted by molar-refractivity contribution is 5.92. The molecule has 1 N–H and O–H groups in total. The first-order valence-corrected chi connectivity index (χ1v) is 9.54. The largest absolute Gasteiger partial charge is 0.444 e. The molecule has 7 nitrogen and oxygen atoms in total. The first-order chi connectivity index (χ1) is 12.3. The number of piperidine rings is 1. The van der Waals surface area contributed by atoms with Gasteiger partial charge in [-0.3, -0.25) is 4.79 Å². The van der Waals surface area contributed by atoms with E-state index in [9.17, 15) is 9.59 Å². The van der Waals surface area contributed by atoms with Crippen LogP contribution in [0.2, 0.25) is 0 Å². The number of ether oxygens (including phenoxy) is 1. The molecule has 144 valence electrons. The highest BCUT2D eigenvalue weighted by Crippen LogP contribution is 2.40. The summed E-state index contributed by atoms with van der Waals surface area (Å²) in [5.74, 6) is 1.61. The Bertz CT molecular complexity index is 637. The van der Waals surface area contributed by atoms with Crippen LogP contribution in [0.4, 0.5) is 4.79 Å². The van der Waals surface area contributed by atoms with Crippen molar-refractivity contribution in [1.82, 2.24) is 15.4 Å². The second-order valence-corrected chi connectivity index (χ2v) is 8.34. The van der Waals surface area contributed by atoms with Gasteiger partial charge in [-0.05, 0) is 58.8 Å². The summed E-state index contributed by atoms with van der Waals surface area (Å²) >= 11 is 0. The van der Waals surface area contributed by atoms with Crippen LogP contribution in [0.5, 0.6) is 0 Å². The van der Waals surface area contributed by atoms with Crippen LogP contribution in [0.1, 0.15) is 75.0 Å². The molecule has 2 amide bonds. The lowest BCUT2D eigenvalue weighted by Gasteiger charge is -2.33. The smallest absolute Gasteiger partial charge is 0.410 e. The normalized spacial score (nSPS) is 18.7. The van der Waals surface area contributed by atoms with Crippen LogP contribution < -0.4 is 5.32 Å². The highest BCUT2D eigenvalue weighted by atomic mass is 16.6. The Morgan fingerprint density at radius 3 is 2.58 bits per heavy atom. The second-order valence-electron chi connectivity index (χ2n) is 8.34. The fourth-order valence-corrected chi connectivity index (χ4v) is 3.17. The molecule has 26 heavy (non-hydrogen) atoms. The van der Waals surface area contributed by atoms with Crippen molar-refractivity contribution in [1.29, 1.82) is 0 Å². The number of aromatic nitrogens is 1. The quantitative estimate of drug-likeness (QED) is 0.867. The Balaban J connectivity index is 1.34. The molecule has 0 bridgehead atoms. The van der Waals surface area contributed by atoms with E-state index in [1.165, 1.54) is 0 Å². The van der Waals surface area contributed by atoms with Crippen LogP contribution in [0.3, 0.4) is 0 Å². The monoisotopic (exact) mass is 363 g/mol. The van der Waals surface area contributed by atoms with Crippen molar-refractivity contribution in [3.63, 3.8) is 0 Å². The van der Waals surface area contributed by atoms with Gasteiger partial charge in [-0.25, -0.2) is 4.79 Å². The lowest BCUT2D eigenvalue weighted by molar-refractivity contribution is 0.0182. The predicted molar refractivity (Wildman–Crippen MR) is 96.0 cm³/mol. The van der Waals surface area contributed by atoms with Gasteiger partial charge in [0, 0.05) is 31.6 Å². The van der Waals surface area contributed by atoms with Crippen LogP contribution in [0.25, 0.3) is 0 Å². The predicted octanol–water partition coefficient (Wildman–Crippen LogP) is 3.32. The van der Waals surface area contributed by atoms with E-state index in [2.05, 4.69) is 10.5 Å². The van der Waals surface area contributed by atoms with Crippen molar-refractivity contribution in [3.8, 4) is 0 Å². The van der Waals surface area contributed by atoms with Crippen molar-refractivity contribution in [2.75, 3.05) is 19.6 Å². The number of rotatable bonds is 5. The van der Waals surface area contributed by atoms with Gasteiger partial charge in [-0.1, -0.05) is 5.16 Å². The molecule has 2 heterocycles. The van der Waals surface area contributed by atoms with Crippen molar-refractivity contribution >= 4 is 12.0 Å². The molecule has 0 radical (unpaired) electrons. The summed E-state index contributed by atoms with van der Waals surface area (Å²) < 4.78 is 10.6. The molecule has 0 spiro atoms. The Kier molecular flexibility index (Phi) is 5.53. The maximum Gasteiger partial charge on any atom is 0.410 e. The van der Waals surface area contributed by atoms with E-state index in [-0.39, 0.29) is 12.0 Å². The molecule has 3 rings (SSSR count). The van der Waals surface area contributed by atoms with Gasteiger partial charge in [0.2, 0.25) is 0 Å². The zero-order valence-corrected chi connectivity index (χ0v) is 15.9. The average molecular weight is 363 g/mol. The van der Waals surface area contributed by atoms with E-state index in [0.29, 0.717) is 37.2 Å². The summed E-state index contributed by atoms with van der Waals surface area (Å²) in [6, 6.07) is 1.76. The topological polar surface area (TPSA) is 84.7 Å². The molecule has 1 aliphatic carbocycles. The molecule has 1 saturated carbocycles. The van der Waals surface area contributed by atoms with Gasteiger partial charge < -0.3 is 19.5 Å². The molecule has 1 aromatic heterocycles. The minimum absolute atomic E-state index is 0.174. The van der Waals surface area contributed by atoms with E-state index >= 15 is 0 Å². The third-order valence-electron chi connectivity index (χ3n) is 4.85. The zero-order chi connectivity index (χ0) is 18.7. The second kappa shape index (κ2) is 7.68. The number of nitrogens with one attached hydrogen (secondary N) is 1. The van der Waals surface area contributed by atoms with Gasteiger partial charge in [0.1, 0.15) is 11.4 Å². The van der Waals surface area contributed by atoms with Gasteiger partial charge >= 0.3 is 6.09 Å². The lowest BCUT2D eigenvalue weighted by atomic mass is 9.94. The molecule has 1 saturated heterocycles. The molecule has 7 heteroatoms. The van der Waals surface area contributed by atoms with Gasteiger partial charge in [0.15, 0.2) is 5.69 Å². The van der Waals surface area contributed by atoms with Crippen LogP contribution in [-0.4, -0.2) is 47.3 Å². The summed E-state index contributed by atoms with van der Waals surface area (Å²) in [5.41, 5.74) is -0.0924. The van der Waals surface area contributed by atoms with Crippen molar-refractivity contribution in [2.24, 2.45) is 5.92 Å². The Hall–Kier alpha value is -2.05. The molecular weight excluding hydrogens is 334 g/mol. The maximum absolute atomic E-state index is 12.1. The van der Waals surface area contributed by atoms with Gasteiger partial charge in [-0.2, -0.15) is 0 Å². The summed E-state index contributed by atoms with van der Waals surface area (Å²) in [4.78, 5) is 26.0. The number of hydrogen-bond donors (Lipinski definition) is 1. The molecule has 1 aromatic rings. The first-order valence-electron chi connectivity index (χ1n) is 9.54. The molecule has 0 unspecified atom stereocenters. The standard InChI is InChI=1S/C19H29N3O4/c1-19(2,3)25-18(24)22-10-7-13(8-11-22)6-9-20-17(23)15-12-16(26-21-15)14-4-5-14/h12-14H,4-11H2,1-3H3,(H,20,23). The number of amides is 2. The van der Waals surface area contributed by atoms with Crippen molar-refractivity contribution in [2.45, 2.75) is 64.4 Å². The van der Waals surface area contributed by atoms with Gasteiger partial charge in [0.25, 0.3) is 5.91 Å². The van der Waals surface area contributed by atoms with E-state index in [4.69, 9.17) is 9.26 Å². The van der Waals surface area contributed by atoms with Crippen LogP contribution >= 0.6 is 0 Å². The van der Waals surface area contributed by atoms with Crippen LogP contribution in [-0.2, 0) is 4.74 Å². The highest BCUT2D eigenvalue weighted by Gasteiger charge is 2.29. The van der Waals surface area contributed by atoms with Crippen molar-refractivity contribution < 1.29 is 18.8 Å². The third kappa shape index (κ3) is 5.22. The number of carbonyl (C=O) groups excluding carboxylic acids is 2. The average Bonchev–Trinajstić information content (AvgIpc) is 3.31. The summed E-state index contributed by atoms with van der Waals surface area (Å²) in [6.45, 7) is 7.67. The van der Waals surface area contributed by atoms with E-state index in [1.54, 1.807) is 11.0 Å². The van der Waals surface area contributed by atoms with E-state index < -0.39 is 5.60 Å². The first kappa shape index (κ1) is 18.7. The molecule has 0 aromatic carbocycles. The molecule has 2 aliphatic rings. The fraction of sp³-hybridized carbons (Fsp3) is 0.737. The maximum atomic E-state index is 12.1. The van der Waals surface area contributed by atoms with Gasteiger partial charge in [0.05, 0.1) is 0 Å². The SMILES string of the molecule is CC(C)(C)OC(=O)N1CCC(CCNC(=O)c2cc(C3CC3)on2)CC1. The van der Waals surface area contributed by atoms with Crippen LogP contribution in [0.15, 0.2) is 10.6 Å². The number of likely N-dealkylation sites (tertiary alicyclic amines) is 1. The summed E-state index contributed by atoms with van der Waals surface area (Å²) in [5, 5.41) is 6.77. The third-order valence-corrected chi connectivity index (χ3v) is 4.85. The Morgan fingerprint density at radius 1 is 1.27 bits per heavy atom. The molecule has 2 fully saturated rings. The zero-order valence-electron chi connectivity index (χ0n) is 15.9. The number of nitrogens with zero attached hydrogens (tertiary/aromatic N) is 2. The summed E-state index contributed by atoms with van der Waals surface area (Å²) in [6.07, 6.45) is 4.79. The summed E-state index contributed by atoms with van der Waals surface area (Å²) in [7, 11) is 0. The Morgan fingerprint density at radius 2 is 1.96 bits per heavy atom. The molecule has 0 atom stereocenters. The van der Waals surface area contributed by atoms with Crippen molar-refractivity contribution in [3.05, 3.63) is 17.5 Å². The fourth-order valence-electron chi connectivity index (χ4n) is 3.17. The Labute approximate surface area is 154 Å². The minimum atomic E-state index is -0.460.